The summed E-state index contributed by atoms with van der Waals surface area (Å²) < 4.78 is 43.9. The average molecular weight is 291 g/mol. The smallest absolute Gasteiger partial charge is 0.383 e. The van der Waals surface area contributed by atoms with Crippen LogP contribution in [0.1, 0.15) is 30.1 Å². The SMILES string of the molecule is COCCNC(=O)Cn1nc(C(F)(F)F)cc1C1CC1. The number of ether oxygens (including phenoxy) is 1. The van der Waals surface area contributed by atoms with E-state index < -0.39 is 11.9 Å². The van der Waals surface area contributed by atoms with Gasteiger partial charge in [0, 0.05) is 25.3 Å². The molecule has 0 spiro atoms. The Morgan fingerprint density at radius 1 is 1.55 bits per heavy atom. The summed E-state index contributed by atoms with van der Waals surface area (Å²) >= 11 is 0. The fourth-order valence-electron chi connectivity index (χ4n) is 1.89. The molecular weight excluding hydrogens is 275 g/mol. The first kappa shape index (κ1) is 14.8. The fraction of sp³-hybridized carbons (Fsp3) is 0.667. The molecule has 0 aromatic carbocycles. The number of alkyl halides is 3. The van der Waals surface area contributed by atoms with Crippen molar-refractivity contribution in [3.63, 3.8) is 0 Å². The Kier molecular flexibility index (Phi) is 4.32. The lowest BCUT2D eigenvalue weighted by atomic mass is 10.2. The molecular formula is C12H16F3N3O2. The molecule has 0 bridgehead atoms. The van der Waals surface area contributed by atoms with Crippen molar-refractivity contribution in [2.24, 2.45) is 0 Å². The van der Waals surface area contributed by atoms with Crippen molar-refractivity contribution >= 4 is 5.91 Å². The third-order valence-corrected chi connectivity index (χ3v) is 3.02. The number of hydrogen-bond acceptors (Lipinski definition) is 3. The van der Waals surface area contributed by atoms with Crippen molar-refractivity contribution in [3.8, 4) is 0 Å². The molecule has 1 amide bonds. The van der Waals surface area contributed by atoms with E-state index in [0.717, 1.165) is 23.6 Å². The predicted molar refractivity (Wildman–Crippen MR) is 64.1 cm³/mol. The number of carbonyl (C=O) groups excluding carboxylic acids is 1. The van der Waals surface area contributed by atoms with Gasteiger partial charge in [-0.15, -0.1) is 0 Å². The first-order valence-electron chi connectivity index (χ1n) is 6.32. The highest BCUT2D eigenvalue weighted by Gasteiger charge is 2.37. The molecule has 1 heterocycles. The second kappa shape index (κ2) is 5.82. The van der Waals surface area contributed by atoms with Crippen LogP contribution < -0.4 is 5.32 Å². The fourth-order valence-corrected chi connectivity index (χ4v) is 1.89. The molecule has 1 aliphatic rings. The van der Waals surface area contributed by atoms with Gasteiger partial charge in [-0.2, -0.15) is 18.3 Å². The molecule has 0 radical (unpaired) electrons. The van der Waals surface area contributed by atoms with Gasteiger partial charge < -0.3 is 10.1 Å². The molecule has 0 saturated heterocycles. The highest BCUT2D eigenvalue weighted by atomic mass is 19.4. The van der Waals surface area contributed by atoms with Gasteiger partial charge in [0.15, 0.2) is 5.69 Å². The third kappa shape index (κ3) is 3.72. The van der Waals surface area contributed by atoms with Crippen molar-refractivity contribution in [1.29, 1.82) is 0 Å². The Bertz CT molecular complexity index is 481. The van der Waals surface area contributed by atoms with Crippen LogP contribution in [-0.2, 0) is 22.3 Å². The van der Waals surface area contributed by atoms with Gasteiger partial charge in [0.05, 0.1) is 6.61 Å². The molecule has 0 unspecified atom stereocenters. The maximum Gasteiger partial charge on any atom is 0.435 e. The van der Waals surface area contributed by atoms with Crippen LogP contribution in [0.4, 0.5) is 13.2 Å². The standard InChI is InChI=1S/C12H16F3N3O2/c1-20-5-4-16-11(19)7-18-9(8-2-3-8)6-10(17-18)12(13,14)15/h6,8H,2-5,7H2,1H3,(H,16,19). The number of hydrogen-bond donors (Lipinski definition) is 1. The molecule has 1 aromatic rings. The van der Waals surface area contributed by atoms with Crippen LogP contribution in [0.3, 0.4) is 0 Å². The van der Waals surface area contributed by atoms with Gasteiger partial charge in [-0.1, -0.05) is 0 Å². The zero-order valence-corrected chi connectivity index (χ0v) is 11.0. The van der Waals surface area contributed by atoms with E-state index in [2.05, 4.69) is 10.4 Å². The summed E-state index contributed by atoms with van der Waals surface area (Å²) in [5, 5.41) is 6.07. The maximum absolute atomic E-state index is 12.7. The van der Waals surface area contributed by atoms with Gasteiger partial charge in [0.25, 0.3) is 0 Å². The van der Waals surface area contributed by atoms with Crippen LogP contribution in [0.2, 0.25) is 0 Å². The number of nitrogens with one attached hydrogen (secondary N) is 1. The normalized spacial score (nSPS) is 15.4. The number of halogens is 3. The van der Waals surface area contributed by atoms with E-state index in [4.69, 9.17) is 4.74 Å². The first-order valence-corrected chi connectivity index (χ1v) is 6.32. The number of aromatic nitrogens is 2. The molecule has 0 atom stereocenters. The van der Waals surface area contributed by atoms with E-state index in [1.165, 1.54) is 7.11 Å². The first-order chi connectivity index (χ1) is 9.41. The Balaban J connectivity index is 2.06. The monoisotopic (exact) mass is 291 g/mol. The van der Waals surface area contributed by atoms with Crippen molar-refractivity contribution < 1.29 is 22.7 Å². The molecule has 1 fully saturated rings. The number of rotatable bonds is 6. The minimum absolute atomic E-state index is 0.0883. The second-order valence-electron chi connectivity index (χ2n) is 4.73. The van der Waals surface area contributed by atoms with E-state index in [1.54, 1.807) is 0 Å². The van der Waals surface area contributed by atoms with Crippen molar-refractivity contribution in [3.05, 3.63) is 17.5 Å². The Morgan fingerprint density at radius 3 is 2.80 bits per heavy atom. The lowest BCUT2D eigenvalue weighted by Crippen LogP contribution is -2.31. The zero-order chi connectivity index (χ0) is 14.8. The van der Waals surface area contributed by atoms with Crippen LogP contribution >= 0.6 is 0 Å². The van der Waals surface area contributed by atoms with Crippen LogP contribution in [0.5, 0.6) is 0 Å². The number of nitrogens with zero attached hydrogens (tertiary/aromatic N) is 2. The highest BCUT2D eigenvalue weighted by molar-refractivity contribution is 5.75. The average Bonchev–Trinajstić information content (AvgIpc) is 3.10. The topological polar surface area (TPSA) is 56.1 Å². The summed E-state index contributed by atoms with van der Waals surface area (Å²) in [7, 11) is 1.50. The number of amides is 1. The third-order valence-electron chi connectivity index (χ3n) is 3.02. The van der Waals surface area contributed by atoms with Gasteiger partial charge in [-0.25, -0.2) is 0 Å². The quantitative estimate of drug-likeness (QED) is 0.809. The van der Waals surface area contributed by atoms with E-state index in [9.17, 15) is 18.0 Å². The van der Waals surface area contributed by atoms with Crippen LogP contribution in [0.15, 0.2) is 6.07 Å². The van der Waals surface area contributed by atoms with Gasteiger partial charge in [0.1, 0.15) is 6.54 Å². The van der Waals surface area contributed by atoms with E-state index in [1.807, 2.05) is 0 Å². The molecule has 1 aliphatic carbocycles. The van der Waals surface area contributed by atoms with Crippen molar-refractivity contribution in [2.75, 3.05) is 20.3 Å². The van der Waals surface area contributed by atoms with Crippen LogP contribution in [-0.4, -0.2) is 35.9 Å². The Morgan fingerprint density at radius 2 is 2.25 bits per heavy atom. The van der Waals surface area contributed by atoms with Gasteiger partial charge >= 0.3 is 6.18 Å². The number of carbonyl (C=O) groups is 1. The summed E-state index contributed by atoms with van der Waals surface area (Å²) in [5.74, 6) is -0.286. The molecule has 112 valence electrons. The number of methoxy groups -OCH3 is 1. The lowest BCUT2D eigenvalue weighted by Gasteiger charge is -2.07. The minimum atomic E-state index is -4.48. The van der Waals surface area contributed by atoms with Crippen LogP contribution in [0, 0.1) is 0 Å². The Labute approximate surface area is 114 Å². The largest absolute Gasteiger partial charge is 0.435 e. The van der Waals surface area contributed by atoms with Crippen LogP contribution in [0.25, 0.3) is 0 Å². The van der Waals surface area contributed by atoms with Crippen molar-refractivity contribution in [1.82, 2.24) is 15.1 Å². The highest BCUT2D eigenvalue weighted by Crippen LogP contribution is 2.42. The molecule has 1 N–H and O–H groups in total. The summed E-state index contributed by atoms with van der Waals surface area (Å²) in [6.45, 7) is 0.473. The zero-order valence-electron chi connectivity index (χ0n) is 11.0. The minimum Gasteiger partial charge on any atom is -0.383 e. The summed E-state index contributed by atoms with van der Waals surface area (Å²) in [5.41, 5.74) is -0.455. The van der Waals surface area contributed by atoms with E-state index >= 15 is 0 Å². The Hall–Kier alpha value is -1.57. The van der Waals surface area contributed by atoms with Gasteiger partial charge in [-0.05, 0) is 18.9 Å². The summed E-state index contributed by atoms with van der Waals surface area (Å²) in [4.78, 5) is 11.6. The molecule has 1 aromatic heterocycles. The van der Waals surface area contributed by atoms with E-state index in [0.29, 0.717) is 18.8 Å². The molecule has 8 heteroatoms. The summed E-state index contributed by atoms with van der Waals surface area (Å²) in [6.07, 6.45) is -2.80. The molecule has 5 nitrogen and oxygen atoms in total. The van der Waals surface area contributed by atoms with E-state index in [-0.39, 0.29) is 18.4 Å². The lowest BCUT2D eigenvalue weighted by molar-refractivity contribution is -0.141. The maximum atomic E-state index is 12.7. The van der Waals surface area contributed by atoms with Gasteiger partial charge in [-0.3, -0.25) is 9.48 Å². The van der Waals surface area contributed by atoms with Gasteiger partial charge in [0.2, 0.25) is 5.91 Å². The second-order valence-corrected chi connectivity index (χ2v) is 4.73. The summed E-state index contributed by atoms with van der Waals surface area (Å²) in [6, 6.07) is 1.04. The molecule has 1 saturated carbocycles. The molecule has 0 aliphatic heterocycles. The molecule has 20 heavy (non-hydrogen) atoms. The van der Waals surface area contributed by atoms with Crippen molar-refractivity contribution in [2.45, 2.75) is 31.5 Å². The molecule has 2 rings (SSSR count). The predicted octanol–water partition coefficient (Wildman–Crippen LogP) is 1.54.